The van der Waals surface area contributed by atoms with Crippen LogP contribution in [0.25, 0.3) is 0 Å². The molecule has 1 fully saturated rings. The molecule has 0 radical (unpaired) electrons. The van der Waals surface area contributed by atoms with E-state index in [1.54, 1.807) is 20.0 Å². The van der Waals surface area contributed by atoms with E-state index in [9.17, 15) is 9.59 Å². The maximum Gasteiger partial charge on any atom is 0.251 e. The molecule has 1 aliphatic heterocycles. The summed E-state index contributed by atoms with van der Waals surface area (Å²) in [4.78, 5) is 25.1. The van der Waals surface area contributed by atoms with Crippen LogP contribution in [-0.2, 0) is 25.5 Å². The summed E-state index contributed by atoms with van der Waals surface area (Å²) < 4.78 is 11.1. The van der Waals surface area contributed by atoms with Crippen molar-refractivity contribution >= 4 is 23.4 Å². The van der Waals surface area contributed by atoms with Gasteiger partial charge in [0.25, 0.3) is 5.91 Å². The highest BCUT2D eigenvalue weighted by molar-refractivity contribution is 6.31. The summed E-state index contributed by atoms with van der Waals surface area (Å²) in [6.07, 6.45) is 9.10. The molecule has 2 N–H and O–H groups in total. The lowest BCUT2D eigenvalue weighted by molar-refractivity contribution is -0.181. The van der Waals surface area contributed by atoms with Gasteiger partial charge in [-0.3, -0.25) is 9.59 Å². The highest BCUT2D eigenvalue weighted by Crippen LogP contribution is 2.21. The number of hydrogen-bond acceptors (Lipinski definition) is 4. The van der Waals surface area contributed by atoms with Crippen LogP contribution in [-0.4, -0.2) is 44.9 Å². The first-order valence-corrected chi connectivity index (χ1v) is 11.9. The fraction of sp³-hybridized carbons (Fsp3) is 0.462. The first-order chi connectivity index (χ1) is 15.9. The maximum absolute atomic E-state index is 13.0. The zero-order chi connectivity index (χ0) is 24.1. The van der Waals surface area contributed by atoms with Gasteiger partial charge in [-0.25, -0.2) is 0 Å². The van der Waals surface area contributed by atoms with Crippen molar-refractivity contribution in [3.63, 3.8) is 0 Å². The topological polar surface area (TPSA) is 76.7 Å². The van der Waals surface area contributed by atoms with Crippen LogP contribution in [0.5, 0.6) is 0 Å². The second kappa shape index (κ2) is 14.7. The Kier molecular flexibility index (Phi) is 11.9. The zero-order valence-electron chi connectivity index (χ0n) is 19.8. The SMILES string of the molecule is CC/C=C(/C=C(\C=C(/C)C(=O)NC)C(=O)NCCCC1OCCCO1)Cc1ccccc1Cl. The Bertz CT molecular complexity index is 886. The number of rotatable bonds is 11. The van der Waals surface area contributed by atoms with Gasteiger partial charge in [-0.1, -0.05) is 42.8 Å². The first kappa shape index (κ1) is 26.8. The fourth-order valence-corrected chi connectivity index (χ4v) is 3.65. The van der Waals surface area contributed by atoms with E-state index in [4.69, 9.17) is 21.1 Å². The fourth-order valence-electron chi connectivity index (χ4n) is 3.45. The van der Waals surface area contributed by atoms with Crippen molar-refractivity contribution < 1.29 is 19.1 Å². The minimum Gasteiger partial charge on any atom is -0.355 e. The predicted molar refractivity (Wildman–Crippen MR) is 132 cm³/mol. The Labute approximate surface area is 202 Å². The second-order valence-electron chi connectivity index (χ2n) is 7.88. The van der Waals surface area contributed by atoms with Crippen molar-refractivity contribution in [1.29, 1.82) is 0 Å². The number of allylic oxidation sites excluding steroid dienone is 3. The Hall–Kier alpha value is -2.41. The monoisotopic (exact) mass is 474 g/mol. The van der Waals surface area contributed by atoms with Crippen molar-refractivity contribution in [3.05, 3.63) is 69.8 Å². The summed E-state index contributed by atoms with van der Waals surface area (Å²) in [6, 6.07) is 7.66. The Morgan fingerprint density at radius 2 is 1.88 bits per heavy atom. The van der Waals surface area contributed by atoms with Crippen LogP contribution in [0.1, 0.15) is 45.1 Å². The molecular formula is C26H35ClN2O4. The van der Waals surface area contributed by atoms with Crippen LogP contribution in [0.4, 0.5) is 0 Å². The summed E-state index contributed by atoms with van der Waals surface area (Å²) in [5, 5.41) is 6.24. The molecule has 0 spiro atoms. The number of carbonyl (C=O) groups is 2. The molecule has 1 aromatic carbocycles. The van der Waals surface area contributed by atoms with Crippen molar-refractivity contribution in [2.75, 3.05) is 26.8 Å². The molecule has 1 saturated heterocycles. The van der Waals surface area contributed by atoms with Gasteiger partial charge >= 0.3 is 0 Å². The molecule has 2 amide bonds. The Balaban J connectivity index is 2.15. The summed E-state index contributed by atoms with van der Waals surface area (Å²) in [7, 11) is 1.57. The van der Waals surface area contributed by atoms with Crippen molar-refractivity contribution in [1.82, 2.24) is 10.6 Å². The van der Waals surface area contributed by atoms with Crippen molar-refractivity contribution in [2.24, 2.45) is 0 Å². The summed E-state index contributed by atoms with van der Waals surface area (Å²) in [5.74, 6) is -0.461. The van der Waals surface area contributed by atoms with Crippen LogP contribution in [0.3, 0.4) is 0 Å². The van der Waals surface area contributed by atoms with E-state index < -0.39 is 0 Å². The number of hydrogen-bond donors (Lipinski definition) is 2. The number of carbonyl (C=O) groups excluding carboxylic acids is 2. The number of ether oxygens (including phenoxy) is 2. The van der Waals surface area contributed by atoms with E-state index >= 15 is 0 Å². The number of halogens is 1. The van der Waals surface area contributed by atoms with E-state index in [0.717, 1.165) is 36.8 Å². The lowest BCUT2D eigenvalue weighted by Crippen LogP contribution is -2.29. The number of amides is 2. The molecule has 6 nitrogen and oxygen atoms in total. The Morgan fingerprint density at radius 3 is 2.55 bits per heavy atom. The molecule has 0 aliphatic carbocycles. The molecule has 0 atom stereocenters. The van der Waals surface area contributed by atoms with Gasteiger partial charge in [0.2, 0.25) is 5.91 Å². The normalized spacial score (nSPS) is 15.9. The second-order valence-corrected chi connectivity index (χ2v) is 8.29. The van der Waals surface area contributed by atoms with Crippen LogP contribution >= 0.6 is 11.6 Å². The van der Waals surface area contributed by atoms with Crippen molar-refractivity contribution in [3.8, 4) is 0 Å². The highest BCUT2D eigenvalue weighted by atomic mass is 35.5. The molecule has 180 valence electrons. The van der Waals surface area contributed by atoms with E-state index in [2.05, 4.69) is 16.7 Å². The van der Waals surface area contributed by atoms with Gasteiger partial charge in [0.05, 0.1) is 13.2 Å². The Morgan fingerprint density at radius 1 is 1.15 bits per heavy atom. The molecule has 0 bridgehead atoms. The molecule has 7 heteroatoms. The summed E-state index contributed by atoms with van der Waals surface area (Å²) in [6.45, 7) is 5.65. The van der Waals surface area contributed by atoms with Crippen molar-refractivity contribution in [2.45, 2.75) is 52.2 Å². The lowest BCUT2D eigenvalue weighted by atomic mass is 10.00. The van der Waals surface area contributed by atoms with E-state index in [0.29, 0.717) is 42.3 Å². The molecule has 1 aromatic rings. The zero-order valence-corrected chi connectivity index (χ0v) is 20.5. The van der Waals surface area contributed by atoms with Crippen LogP contribution in [0, 0.1) is 0 Å². The third-order valence-corrected chi connectivity index (χ3v) is 5.55. The number of benzene rings is 1. The summed E-state index contributed by atoms with van der Waals surface area (Å²) >= 11 is 6.35. The van der Waals surface area contributed by atoms with Gasteiger partial charge < -0.3 is 20.1 Å². The van der Waals surface area contributed by atoms with E-state index in [1.165, 1.54) is 0 Å². The maximum atomic E-state index is 13.0. The first-order valence-electron chi connectivity index (χ1n) is 11.5. The van der Waals surface area contributed by atoms with Crippen LogP contribution in [0.2, 0.25) is 5.02 Å². The smallest absolute Gasteiger partial charge is 0.251 e. The van der Waals surface area contributed by atoms with Crippen LogP contribution < -0.4 is 10.6 Å². The minimum atomic E-state index is -0.232. The van der Waals surface area contributed by atoms with Gasteiger partial charge in [-0.2, -0.15) is 0 Å². The highest BCUT2D eigenvalue weighted by Gasteiger charge is 2.15. The quantitative estimate of drug-likeness (QED) is 0.281. The number of likely N-dealkylation sites (N-methyl/N-ethyl adjacent to an activating group) is 1. The predicted octanol–water partition coefficient (Wildman–Crippen LogP) is 4.50. The van der Waals surface area contributed by atoms with E-state index in [-0.39, 0.29) is 18.1 Å². The molecule has 1 heterocycles. The average molecular weight is 475 g/mol. The van der Waals surface area contributed by atoms with Gasteiger partial charge in [0, 0.05) is 36.2 Å². The van der Waals surface area contributed by atoms with Gasteiger partial charge in [0.15, 0.2) is 6.29 Å². The number of nitrogens with one attached hydrogen (secondary N) is 2. The third-order valence-electron chi connectivity index (χ3n) is 5.18. The van der Waals surface area contributed by atoms with E-state index in [1.807, 2.05) is 37.3 Å². The average Bonchev–Trinajstić information content (AvgIpc) is 2.82. The molecule has 0 aromatic heterocycles. The van der Waals surface area contributed by atoms with Gasteiger partial charge in [-0.05, 0) is 62.0 Å². The molecule has 0 saturated carbocycles. The molecule has 1 aliphatic rings. The molecule has 33 heavy (non-hydrogen) atoms. The molecule has 2 rings (SSSR count). The third kappa shape index (κ3) is 9.54. The minimum absolute atomic E-state index is 0.198. The molecular weight excluding hydrogens is 440 g/mol. The largest absolute Gasteiger partial charge is 0.355 e. The van der Waals surface area contributed by atoms with Crippen LogP contribution in [0.15, 0.2) is 59.2 Å². The lowest BCUT2D eigenvalue weighted by Gasteiger charge is -2.23. The van der Waals surface area contributed by atoms with Gasteiger partial charge in [-0.15, -0.1) is 0 Å². The summed E-state index contributed by atoms with van der Waals surface area (Å²) in [5.41, 5.74) is 2.82. The standard InChI is InChI=1S/C26H35ClN2O4/c1-4-9-20(17-21-10-5-6-11-23(21)27)18-22(16-19(2)25(30)28-3)26(31)29-13-7-12-24-32-14-8-15-33-24/h5-6,9-11,16,18,24H,4,7-8,12-15,17H2,1-3H3,(H,28,30)(H,29,31)/b19-16+,20-9+,22-18+. The van der Waals surface area contributed by atoms with Gasteiger partial charge in [0.1, 0.15) is 0 Å². The molecule has 0 unspecified atom stereocenters.